The third-order valence-electron chi connectivity index (χ3n) is 4.01. The third-order valence-corrected chi connectivity index (χ3v) is 4.01. The van der Waals surface area contributed by atoms with Crippen molar-refractivity contribution in [2.45, 2.75) is 45.7 Å². The Labute approximate surface area is 117 Å². The van der Waals surface area contributed by atoms with E-state index in [1.54, 1.807) is 0 Å². The summed E-state index contributed by atoms with van der Waals surface area (Å²) in [6.07, 6.45) is 4.44. The molecule has 1 N–H and O–H groups in total. The monoisotopic (exact) mass is 262 g/mol. The van der Waals surface area contributed by atoms with E-state index in [4.69, 9.17) is 0 Å². The lowest BCUT2D eigenvalue weighted by atomic mass is 9.88. The minimum atomic E-state index is 0.239. The van der Waals surface area contributed by atoms with Crippen LogP contribution in [0.5, 0.6) is 0 Å². The summed E-state index contributed by atoms with van der Waals surface area (Å²) >= 11 is 0. The SMILES string of the molecule is CC(C[n+]1ccc(C(C)(C)C)cc1)N1CCNCC1. The number of aromatic nitrogens is 1. The maximum absolute atomic E-state index is 3.41. The third kappa shape index (κ3) is 4.02. The van der Waals surface area contributed by atoms with Gasteiger partial charge in [-0.3, -0.25) is 4.90 Å². The van der Waals surface area contributed by atoms with E-state index in [2.05, 4.69) is 67.0 Å². The molecule has 3 heteroatoms. The predicted molar refractivity (Wildman–Crippen MR) is 79.2 cm³/mol. The fraction of sp³-hybridized carbons (Fsp3) is 0.688. The zero-order valence-corrected chi connectivity index (χ0v) is 12.8. The van der Waals surface area contributed by atoms with Crippen LogP contribution >= 0.6 is 0 Å². The molecule has 106 valence electrons. The molecule has 3 nitrogen and oxygen atoms in total. The van der Waals surface area contributed by atoms with Crippen molar-refractivity contribution in [3.8, 4) is 0 Å². The number of rotatable bonds is 3. The maximum Gasteiger partial charge on any atom is 0.169 e. The Kier molecular flexibility index (Phi) is 4.58. The van der Waals surface area contributed by atoms with Crippen LogP contribution in [0.25, 0.3) is 0 Å². The van der Waals surface area contributed by atoms with Gasteiger partial charge in [0.15, 0.2) is 18.9 Å². The summed E-state index contributed by atoms with van der Waals surface area (Å²) in [7, 11) is 0. The van der Waals surface area contributed by atoms with Gasteiger partial charge in [0, 0.05) is 38.3 Å². The van der Waals surface area contributed by atoms with Gasteiger partial charge in [0.05, 0.1) is 6.04 Å². The first-order valence-electron chi connectivity index (χ1n) is 7.41. The number of hydrogen-bond acceptors (Lipinski definition) is 2. The van der Waals surface area contributed by atoms with Crippen LogP contribution in [0.2, 0.25) is 0 Å². The summed E-state index contributed by atoms with van der Waals surface area (Å²) in [6, 6.07) is 5.11. The highest BCUT2D eigenvalue weighted by atomic mass is 15.2. The first kappa shape index (κ1) is 14.5. The molecule has 1 unspecified atom stereocenters. The Hall–Kier alpha value is -0.930. The Bertz CT molecular complexity index is 385. The van der Waals surface area contributed by atoms with E-state index in [9.17, 15) is 0 Å². The standard InChI is InChI=1S/C16H28N3/c1-14(19-11-7-17-8-12-19)13-18-9-5-15(6-10-18)16(2,3)4/h5-6,9-10,14,17H,7-8,11-13H2,1-4H3/q+1. The second-order valence-electron chi connectivity index (χ2n) is 6.67. The topological polar surface area (TPSA) is 19.1 Å². The second-order valence-corrected chi connectivity index (χ2v) is 6.67. The summed E-state index contributed by atoms with van der Waals surface area (Å²) in [6.45, 7) is 14.8. The number of pyridine rings is 1. The Morgan fingerprint density at radius 2 is 1.79 bits per heavy atom. The summed E-state index contributed by atoms with van der Waals surface area (Å²) < 4.78 is 2.31. The summed E-state index contributed by atoms with van der Waals surface area (Å²) in [5, 5.41) is 3.41. The maximum atomic E-state index is 3.41. The van der Waals surface area contributed by atoms with Crippen molar-refractivity contribution in [1.82, 2.24) is 10.2 Å². The fourth-order valence-electron chi connectivity index (χ4n) is 2.62. The molecule has 1 aromatic rings. The molecule has 1 saturated heterocycles. The highest BCUT2D eigenvalue weighted by Crippen LogP contribution is 2.20. The minimum absolute atomic E-state index is 0.239. The lowest BCUT2D eigenvalue weighted by Gasteiger charge is -2.31. The van der Waals surface area contributed by atoms with Gasteiger partial charge in [-0.2, -0.15) is 0 Å². The van der Waals surface area contributed by atoms with Crippen LogP contribution in [0.3, 0.4) is 0 Å². The van der Waals surface area contributed by atoms with Crippen LogP contribution in [0.4, 0.5) is 0 Å². The first-order valence-corrected chi connectivity index (χ1v) is 7.41. The van der Waals surface area contributed by atoms with E-state index in [1.807, 2.05) is 0 Å². The molecule has 1 fully saturated rings. The lowest BCUT2D eigenvalue weighted by Crippen LogP contribution is -2.52. The van der Waals surface area contributed by atoms with Crippen LogP contribution in [-0.4, -0.2) is 37.1 Å². The molecule has 0 bridgehead atoms. The van der Waals surface area contributed by atoms with Gasteiger partial charge in [-0.25, -0.2) is 4.57 Å². The van der Waals surface area contributed by atoms with Crippen LogP contribution in [-0.2, 0) is 12.0 Å². The molecule has 2 rings (SSSR count). The van der Waals surface area contributed by atoms with Gasteiger partial charge in [0.1, 0.15) is 0 Å². The van der Waals surface area contributed by atoms with Gasteiger partial charge in [0.25, 0.3) is 0 Å². The molecule has 0 radical (unpaired) electrons. The molecule has 0 saturated carbocycles. The highest BCUT2D eigenvalue weighted by Gasteiger charge is 2.20. The first-order chi connectivity index (χ1) is 8.97. The molecular weight excluding hydrogens is 234 g/mol. The van der Waals surface area contributed by atoms with Crippen molar-refractivity contribution in [2.75, 3.05) is 26.2 Å². The summed E-state index contributed by atoms with van der Waals surface area (Å²) in [4.78, 5) is 2.57. The Balaban J connectivity index is 1.95. The molecule has 0 spiro atoms. The van der Waals surface area contributed by atoms with E-state index in [0.29, 0.717) is 6.04 Å². The average Bonchev–Trinajstić information content (AvgIpc) is 2.39. The molecule has 1 aromatic heterocycles. The molecule has 0 aromatic carbocycles. The molecule has 1 aliphatic rings. The minimum Gasteiger partial charge on any atom is -0.314 e. The molecule has 1 aliphatic heterocycles. The number of nitrogens with one attached hydrogen (secondary N) is 1. The van der Waals surface area contributed by atoms with Crippen molar-refractivity contribution in [3.63, 3.8) is 0 Å². The molecule has 0 aliphatic carbocycles. The Morgan fingerprint density at radius 3 is 2.32 bits per heavy atom. The van der Waals surface area contributed by atoms with Crippen molar-refractivity contribution in [2.24, 2.45) is 0 Å². The largest absolute Gasteiger partial charge is 0.314 e. The van der Waals surface area contributed by atoms with Crippen molar-refractivity contribution in [1.29, 1.82) is 0 Å². The van der Waals surface area contributed by atoms with Gasteiger partial charge in [-0.15, -0.1) is 0 Å². The lowest BCUT2D eigenvalue weighted by molar-refractivity contribution is -0.701. The van der Waals surface area contributed by atoms with Gasteiger partial charge in [-0.1, -0.05) is 20.8 Å². The summed E-state index contributed by atoms with van der Waals surface area (Å²) in [5.74, 6) is 0. The number of hydrogen-bond donors (Lipinski definition) is 1. The fourth-order valence-corrected chi connectivity index (χ4v) is 2.62. The smallest absolute Gasteiger partial charge is 0.169 e. The Morgan fingerprint density at radius 1 is 1.21 bits per heavy atom. The highest BCUT2D eigenvalue weighted by molar-refractivity contribution is 5.17. The molecule has 1 atom stereocenters. The van der Waals surface area contributed by atoms with E-state index in [1.165, 1.54) is 18.7 Å². The van der Waals surface area contributed by atoms with Crippen molar-refractivity contribution < 1.29 is 4.57 Å². The molecule has 19 heavy (non-hydrogen) atoms. The predicted octanol–water partition coefficient (Wildman–Crippen LogP) is 1.57. The van der Waals surface area contributed by atoms with Crippen LogP contribution in [0.15, 0.2) is 24.5 Å². The normalized spacial score (nSPS) is 19.4. The second kappa shape index (κ2) is 6.02. The van der Waals surface area contributed by atoms with E-state index in [0.717, 1.165) is 19.6 Å². The van der Waals surface area contributed by atoms with Gasteiger partial charge in [-0.05, 0) is 17.9 Å². The van der Waals surface area contributed by atoms with E-state index < -0.39 is 0 Å². The van der Waals surface area contributed by atoms with E-state index in [-0.39, 0.29) is 5.41 Å². The zero-order chi connectivity index (χ0) is 13.9. The van der Waals surface area contributed by atoms with E-state index >= 15 is 0 Å². The molecule has 2 heterocycles. The van der Waals surface area contributed by atoms with Crippen LogP contribution < -0.4 is 9.88 Å². The van der Waals surface area contributed by atoms with Crippen LogP contribution in [0, 0.1) is 0 Å². The summed E-state index contributed by atoms with van der Waals surface area (Å²) in [5.41, 5.74) is 1.64. The van der Waals surface area contributed by atoms with Crippen molar-refractivity contribution in [3.05, 3.63) is 30.1 Å². The van der Waals surface area contributed by atoms with Gasteiger partial charge >= 0.3 is 0 Å². The number of piperazine rings is 1. The van der Waals surface area contributed by atoms with Gasteiger partial charge in [0.2, 0.25) is 0 Å². The van der Waals surface area contributed by atoms with Crippen molar-refractivity contribution >= 4 is 0 Å². The molecule has 0 amide bonds. The quantitative estimate of drug-likeness (QED) is 0.834. The zero-order valence-electron chi connectivity index (χ0n) is 12.8. The average molecular weight is 262 g/mol. The number of nitrogens with zero attached hydrogens (tertiary/aromatic N) is 2. The van der Waals surface area contributed by atoms with Crippen LogP contribution in [0.1, 0.15) is 33.3 Å². The van der Waals surface area contributed by atoms with Gasteiger partial charge < -0.3 is 5.32 Å². The molecular formula is C16H28N3+.